The van der Waals surface area contributed by atoms with Crippen molar-refractivity contribution in [2.45, 2.75) is 51.0 Å². The molecule has 4 rings (SSSR count). The number of halogens is 1. The molecular formula is C27H29ClN2O. The summed E-state index contributed by atoms with van der Waals surface area (Å²) in [5, 5.41) is 0.737. The number of pyridine rings is 1. The summed E-state index contributed by atoms with van der Waals surface area (Å²) < 4.78 is 0. The van der Waals surface area contributed by atoms with E-state index in [-0.39, 0.29) is 23.8 Å². The van der Waals surface area contributed by atoms with Crippen LogP contribution in [-0.2, 0) is 11.2 Å². The zero-order valence-corrected chi connectivity index (χ0v) is 18.7. The van der Waals surface area contributed by atoms with Crippen LogP contribution in [0.25, 0.3) is 0 Å². The maximum atomic E-state index is 13.7. The first-order valence-electron chi connectivity index (χ1n) is 11.2. The molecule has 0 saturated heterocycles. The molecule has 1 saturated carbocycles. The smallest absolute Gasteiger partial charge is 0.230 e. The van der Waals surface area contributed by atoms with Crippen LogP contribution >= 0.6 is 11.6 Å². The van der Waals surface area contributed by atoms with Gasteiger partial charge in [-0.15, -0.1) is 0 Å². The second-order valence-electron chi connectivity index (χ2n) is 8.49. The first kappa shape index (κ1) is 21.6. The number of rotatable bonds is 7. The molecule has 1 aliphatic carbocycles. The average molecular weight is 433 g/mol. The lowest BCUT2D eigenvalue weighted by Crippen LogP contribution is -2.45. The van der Waals surface area contributed by atoms with Crippen LogP contribution in [0.3, 0.4) is 0 Å². The fourth-order valence-electron chi connectivity index (χ4n) is 4.75. The van der Waals surface area contributed by atoms with Crippen LogP contribution in [0.15, 0.2) is 79.1 Å². The molecule has 0 aliphatic heterocycles. The van der Waals surface area contributed by atoms with Crippen molar-refractivity contribution in [2.24, 2.45) is 5.92 Å². The Morgan fingerprint density at radius 3 is 2.39 bits per heavy atom. The largest absolute Gasteiger partial charge is 0.307 e. The van der Waals surface area contributed by atoms with Gasteiger partial charge >= 0.3 is 0 Å². The van der Waals surface area contributed by atoms with Crippen molar-refractivity contribution in [2.75, 3.05) is 4.90 Å². The fraction of sp³-hybridized carbons (Fsp3) is 0.333. The van der Waals surface area contributed by atoms with Crippen molar-refractivity contribution in [1.82, 2.24) is 4.98 Å². The van der Waals surface area contributed by atoms with Gasteiger partial charge in [0.25, 0.3) is 0 Å². The Kier molecular flexibility index (Phi) is 7.03. The van der Waals surface area contributed by atoms with Crippen LogP contribution in [0.1, 0.15) is 49.7 Å². The van der Waals surface area contributed by atoms with Crippen LogP contribution in [0, 0.1) is 5.92 Å². The monoisotopic (exact) mass is 432 g/mol. The Balaban J connectivity index is 1.71. The highest BCUT2D eigenvalue weighted by Crippen LogP contribution is 2.34. The Morgan fingerprint density at radius 2 is 1.74 bits per heavy atom. The van der Waals surface area contributed by atoms with Gasteiger partial charge in [-0.2, -0.15) is 0 Å². The first-order chi connectivity index (χ1) is 15.1. The predicted octanol–water partition coefficient (Wildman–Crippen LogP) is 6.67. The number of benzene rings is 2. The number of hydrogen-bond donors (Lipinski definition) is 0. The molecule has 0 N–H and O–H groups in total. The zero-order chi connectivity index (χ0) is 21.6. The lowest BCUT2D eigenvalue weighted by Gasteiger charge is -2.37. The molecule has 2 aromatic carbocycles. The normalized spacial score (nSPS) is 16.1. The summed E-state index contributed by atoms with van der Waals surface area (Å²) in [7, 11) is 0. The molecule has 1 fully saturated rings. The summed E-state index contributed by atoms with van der Waals surface area (Å²) in [6.45, 7) is 2.17. The SMILES string of the molecule is CC(C(Cc1ccc(Cl)cc1)c1ccccc1)N(C(=O)C1CCCC1)c1cccnc1. The molecule has 0 bridgehead atoms. The summed E-state index contributed by atoms with van der Waals surface area (Å²) in [4.78, 5) is 20.0. The third-order valence-electron chi connectivity index (χ3n) is 6.45. The lowest BCUT2D eigenvalue weighted by atomic mass is 9.85. The minimum absolute atomic E-state index is 0.0182. The molecule has 31 heavy (non-hydrogen) atoms. The second-order valence-corrected chi connectivity index (χ2v) is 8.93. The van der Waals surface area contributed by atoms with Gasteiger partial charge in [-0.25, -0.2) is 0 Å². The van der Waals surface area contributed by atoms with Gasteiger partial charge in [-0.3, -0.25) is 9.78 Å². The van der Waals surface area contributed by atoms with Crippen LogP contribution in [0.2, 0.25) is 5.02 Å². The van der Waals surface area contributed by atoms with Crippen molar-refractivity contribution >= 4 is 23.2 Å². The van der Waals surface area contributed by atoms with Crippen molar-refractivity contribution in [3.8, 4) is 0 Å². The van der Waals surface area contributed by atoms with Gasteiger partial charge in [0, 0.05) is 29.1 Å². The van der Waals surface area contributed by atoms with Gasteiger partial charge in [-0.05, 0) is 61.6 Å². The van der Waals surface area contributed by atoms with Gasteiger partial charge in [0.05, 0.1) is 11.9 Å². The Hall–Kier alpha value is -2.65. The van der Waals surface area contributed by atoms with E-state index in [9.17, 15) is 4.79 Å². The summed E-state index contributed by atoms with van der Waals surface area (Å²) >= 11 is 6.11. The zero-order valence-electron chi connectivity index (χ0n) is 18.0. The third kappa shape index (κ3) is 5.16. The van der Waals surface area contributed by atoms with Crippen LogP contribution in [0.5, 0.6) is 0 Å². The van der Waals surface area contributed by atoms with Crippen molar-refractivity contribution in [3.05, 3.63) is 95.3 Å². The van der Waals surface area contributed by atoms with Gasteiger partial charge < -0.3 is 4.90 Å². The summed E-state index contributed by atoms with van der Waals surface area (Å²) in [5.41, 5.74) is 3.33. The molecule has 0 spiro atoms. The number of nitrogens with zero attached hydrogens (tertiary/aromatic N) is 2. The number of anilines is 1. The molecule has 160 valence electrons. The summed E-state index contributed by atoms with van der Waals surface area (Å²) in [6.07, 6.45) is 8.64. The molecule has 2 unspecified atom stereocenters. The van der Waals surface area contributed by atoms with Gasteiger partial charge in [0.2, 0.25) is 5.91 Å². The Bertz CT molecular complexity index is 969. The van der Waals surface area contributed by atoms with E-state index in [0.717, 1.165) is 42.8 Å². The number of hydrogen-bond acceptors (Lipinski definition) is 2. The number of carbonyl (C=O) groups excluding carboxylic acids is 1. The van der Waals surface area contributed by atoms with E-state index in [1.165, 1.54) is 11.1 Å². The molecule has 0 radical (unpaired) electrons. The van der Waals surface area contributed by atoms with Crippen LogP contribution < -0.4 is 4.90 Å². The van der Waals surface area contributed by atoms with E-state index in [0.29, 0.717) is 0 Å². The van der Waals surface area contributed by atoms with E-state index in [1.54, 1.807) is 6.20 Å². The highest BCUT2D eigenvalue weighted by atomic mass is 35.5. The molecule has 1 aliphatic rings. The number of carbonyl (C=O) groups is 1. The molecule has 1 aromatic heterocycles. The molecule has 3 aromatic rings. The number of aromatic nitrogens is 1. The minimum atomic E-state index is -0.0182. The standard InChI is InChI=1S/C27H29ClN2O/c1-20(30(25-12-7-17-29-19-25)27(31)23-10-5-6-11-23)26(22-8-3-2-4-9-22)18-21-13-15-24(28)16-14-21/h2-4,7-9,12-17,19-20,23,26H,5-6,10-11,18H2,1H3. The van der Waals surface area contributed by atoms with Crippen LogP contribution in [0.4, 0.5) is 5.69 Å². The fourth-order valence-corrected chi connectivity index (χ4v) is 4.88. The molecule has 4 heteroatoms. The molecular weight excluding hydrogens is 404 g/mol. The Morgan fingerprint density at radius 1 is 1.03 bits per heavy atom. The third-order valence-corrected chi connectivity index (χ3v) is 6.70. The van der Waals surface area contributed by atoms with Crippen molar-refractivity contribution in [1.29, 1.82) is 0 Å². The maximum Gasteiger partial charge on any atom is 0.230 e. The van der Waals surface area contributed by atoms with E-state index >= 15 is 0 Å². The molecule has 3 nitrogen and oxygen atoms in total. The van der Waals surface area contributed by atoms with E-state index in [1.807, 2.05) is 41.4 Å². The number of amides is 1. The van der Waals surface area contributed by atoms with E-state index in [2.05, 4.69) is 48.3 Å². The highest BCUT2D eigenvalue weighted by molar-refractivity contribution is 6.30. The van der Waals surface area contributed by atoms with Gasteiger partial charge in [0.1, 0.15) is 0 Å². The van der Waals surface area contributed by atoms with E-state index < -0.39 is 0 Å². The Labute approximate surface area is 190 Å². The lowest BCUT2D eigenvalue weighted by molar-refractivity contribution is -0.122. The highest BCUT2D eigenvalue weighted by Gasteiger charge is 2.34. The quantitative estimate of drug-likeness (QED) is 0.417. The van der Waals surface area contributed by atoms with E-state index in [4.69, 9.17) is 11.6 Å². The van der Waals surface area contributed by atoms with Crippen LogP contribution in [-0.4, -0.2) is 16.9 Å². The van der Waals surface area contributed by atoms with Crippen molar-refractivity contribution in [3.63, 3.8) is 0 Å². The summed E-state index contributed by atoms with van der Waals surface area (Å²) in [6, 6.07) is 22.4. The predicted molar refractivity (Wildman–Crippen MR) is 127 cm³/mol. The first-order valence-corrected chi connectivity index (χ1v) is 11.5. The average Bonchev–Trinajstić information content (AvgIpc) is 3.35. The topological polar surface area (TPSA) is 33.2 Å². The van der Waals surface area contributed by atoms with Gasteiger partial charge in [0.15, 0.2) is 0 Å². The minimum Gasteiger partial charge on any atom is -0.307 e. The summed E-state index contributed by atoms with van der Waals surface area (Å²) in [5.74, 6) is 0.484. The van der Waals surface area contributed by atoms with Gasteiger partial charge in [-0.1, -0.05) is 66.9 Å². The van der Waals surface area contributed by atoms with Crippen molar-refractivity contribution < 1.29 is 4.79 Å². The molecule has 2 atom stereocenters. The maximum absolute atomic E-state index is 13.7. The molecule has 1 amide bonds. The molecule has 1 heterocycles. The second kappa shape index (κ2) is 10.1.